The number of carbonyl (C=O) groups excluding carboxylic acids is 2. The van der Waals surface area contributed by atoms with Crippen molar-refractivity contribution in [1.82, 2.24) is 9.13 Å². The summed E-state index contributed by atoms with van der Waals surface area (Å²) < 4.78 is 2.50. The molecule has 1 N–H and O–H groups in total. The molecule has 9 heteroatoms. The van der Waals surface area contributed by atoms with Gasteiger partial charge in [0.2, 0.25) is 5.91 Å². The molecule has 0 saturated heterocycles. The van der Waals surface area contributed by atoms with Gasteiger partial charge in [-0.3, -0.25) is 19.0 Å². The number of thiophene rings is 1. The molecule has 0 bridgehead atoms. The van der Waals surface area contributed by atoms with Gasteiger partial charge in [-0.1, -0.05) is 11.6 Å². The lowest BCUT2D eigenvalue weighted by Gasteiger charge is -2.14. The Morgan fingerprint density at radius 2 is 1.69 bits per heavy atom. The van der Waals surface area contributed by atoms with Gasteiger partial charge in [0.1, 0.15) is 11.4 Å². The summed E-state index contributed by atoms with van der Waals surface area (Å²) in [6, 6.07) is 13.0. The summed E-state index contributed by atoms with van der Waals surface area (Å²) in [5.74, 6) is -0.473. The molecule has 5 rings (SSSR count). The monoisotopic (exact) mass is 507 g/mol. The van der Waals surface area contributed by atoms with Gasteiger partial charge in [0.25, 0.3) is 5.56 Å². The number of nitrogens with one attached hydrogen (secondary N) is 1. The Labute approximate surface area is 209 Å². The smallest absolute Gasteiger partial charge is 0.325 e. The third-order valence-electron chi connectivity index (χ3n) is 6.20. The first-order valence-electron chi connectivity index (χ1n) is 11.3. The average Bonchev–Trinajstić information content (AvgIpc) is 3.23. The number of hydrogen-bond donors (Lipinski definition) is 1. The minimum absolute atomic E-state index is 0.0667. The second kappa shape index (κ2) is 9.28. The van der Waals surface area contributed by atoms with Crippen molar-refractivity contribution in [3.05, 3.63) is 90.4 Å². The number of rotatable bonds is 5. The van der Waals surface area contributed by atoms with Gasteiger partial charge in [-0.25, -0.2) is 9.36 Å². The van der Waals surface area contributed by atoms with Crippen molar-refractivity contribution in [2.45, 2.75) is 39.2 Å². The van der Waals surface area contributed by atoms with Crippen LogP contribution in [-0.4, -0.2) is 20.8 Å². The summed E-state index contributed by atoms with van der Waals surface area (Å²) in [6.45, 7) is 1.22. The number of aromatic nitrogens is 2. The summed E-state index contributed by atoms with van der Waals surface area (Å²) >= 11 is 7.44. The van der Waals surface area contributed by atoms with Crippen molar-refractivity contribution in [3.63, 3.8) is 0 Å². The lowest BCUT2D eigenvalue weighted by molar-refractivity contribution is -0.116. The normalized spacial score (nSPS) is 13.0. The first-order chi connectivity index (χ1) is 16.8. The first-order valence-corrected chi connectivity index (χ1v) is 12.5. The highest BCUT2D eigenvalue weighted by atomic mass is 35.5. The van der Waals surface area contributed by atoms with Gasteiger partial charge >= 0.3 is 5.69 Å². The summed E-state index contributed by atoms with van der Waals surface area (Å²) in [5.41, 5.74) is 1.49. The zero-order valence-electron chi connectivity index (χ0n) is 19.0. The van der Waals surface area contributed by atoms with E-state index in [1.165, 1.54) is 22.8 Å². The first kappa shape index (κ1) is 23.3. The van der Waals surface area contributed by atoms with Crippen LogP contribution < -0.4 is 16.6 Å². The number of fused-ring (bicyclic) bond motifs is 3. The maximum atomic E-state index is 13.6. The van der Waals surface area contributed by atoms with E-state index >= 15 is 0 Å². The Morgan fingerprint density at radius 3 is 2.37 bits per heavy atom. The number of carbonyl (C=O) groups is 2. The fourth-order valence-electron chi connectivity index (χ4n) is 4.46. The minimum atomic E-state index is -0.578. The van der Waals surface area contributed by atoms with Crippen LogP contribution in [0.25, 0.3) is 15.9 Å². The molecule has 0 fully saturated rings. The molecule has 0 aliphatic heterocycles. The van der Waals surface area contributed by atoms with Crippen LogP contribution in [0.15, 0.2) is 58.1 Å². The highest BCUT2D eigenvalue weighted by molar-refractivity contribution is 7.18. The van der Waals surface area contributed by atoms with Crippen molar-refractivity contribution in [1.29, 1.82) is 0 Å². The highest BCUT2D eigenvalue weighted by Crippen LogP contribution is 2.34. The maximum Gasteiger partial charge on any atom is 0.337 e. The van der Waals surface area contributed by atoms with Crippen LogP contribution in [0.1, 0.15) is 40.6 Å². The summed E-state index contributed by atoms with van der Waals surface area (Å²) in [4.78, 5) is 53.3. The largest absolute Gasteiger partial charge is 0.337 e. The number of Topliss-reactive ketones (excluding diaryl/α,β-unsaturated/α-hetero) is 1. The number of halogens is 1. The van der Waals surface area contributed by atoms with Crippen molar-refractivity contribution in [3.8, 4) is 5.69 Å². The predicted octanol–water partition coefficient (Wildman–Crippen LogP) is 4.59. The van der Waals surface area contributed by atoms with Crippen LogP contribution in [0.5, 0.6) is 0 Å². The van der Waals surface area contributed by atoms with Crippen molar-refractivity contribution in [2.24, 2.45) is 0 Å². The lowest BCUT2D eigenvalue weighted by Crippen LogP contribution is -2.40. The maximum absolute atomic E-state index is 13.6. The van der Waals surface area contributed by atoms with E-state index in [0.717, 1.165) is 40.7 Å². The van der Waals surface area contributed by atoms with E-state index in [4.69, 9.17) is 11.6 Å². The molecular formula is C26H22ClN3O4S. The number of nitrogens with zero attached hydrogens (tertiary/aromatic N) is 2. The number of aryl methyl sites for hydroxylation is 2. The molecule has 1 aliphatic carbocycles. The molecule has 178 valence electrons. The third kappa shape index (κ3) is 4.35. The fraction of sp³-hybridized carbons (Fsp3) is 0.231. The Morgan fingerprint density at radius 1 is 1.00 bits per heavy atom. The fourth-order valence-corrected chi connectivity index (χ4v) is 5.96. The summed E-state index contributed by atoms with van der Waals surface area (Å²) in [5, 5.41) is 3.79. The van der Waals surface area contributed by atoms with Crippen molar-refractivity contribution >= 4 is 50.5 Å². The number of anilines is 1. The van der Waals surface area contributed by atoms with Crippen molar-refractivity contribution in [2.75, 3.05) is 5.32 Å². The quantitative estimate of drug-likeness (QED) is 0.400. The van der Waals surface area contributed by atoms with Crippen LogP contribution in [0, 0.1) is 0 Å². The highest BCUT2D eigenvalue weighted by Gasteiger charge is 2.25. The molecule has 2 aromatic heterocycles. The average molecular weight is 508 g/mol. The van der Waals surface area contributed by atoms with Gasteiger partial charge in [0.05, 0.1) is 11.1 Å². The molecular weight excluding hydrogens is 486 g/mol. The van der Waals surface area contributed by atoms with E-state index in [0.29, 0.717) is 32.2 Å². The van der Waals surface area contributed by atoms with Gasteiger partial charge in [-0.05, 0) is 86.7 Å². The number of benzene rings is 2. The second-order valence-electron chi connectivity index (χ2n) is 8.56. The summed E-state index contributed by atoms with van der Waals surface area (Å²) in [6.07, 6.45) is 3.65. The summed E-state index contributed by atoms with van der Waals surface area (Å²) in [7, 11) is 0. The SMILES string of the molecule is CC(=O)c1ccc(NC(=O)Cn2c(=O)n(-c3ccc(Cl)cc3)c(=O)c3c4c(sc32)CCCC4)cc1. The van der Waals surface area contributed by atoms with Gasteiger partial charge < -0.3 is 5.32 Å². The molecule has 4 aromatic rings. The Bertz CT molecular complexity index is 1580. The molecule has 35 heavy (non-hydrogen) atoms. The molecule has 1 amide bonds. The van der Waals surface area contributed by atoms with Gasteiger partial charge in [0, 0.05) is 21.2 Å². The second-order valence-corrected chi connectivity index (χ2v) is 10.1. The van der Waals surface area contributed by atoms with E-state index in [1.54, 1.807) is 48.5 Å². The lowest BCUT2D eigenvalue weighted by atomic mass is 9.97. The van der Waals surface area contributed by atoms with Gasteiger partial charge in [-0.15, -0.1) is 11.3 Å². The third-order valence-corrected chi connectivity index (χ3v) is 7.77. The van der Waals surface area contributed by atoms with E-state index in [-0.39, 0.29) is 17.9 Å². The van der Waals surface area contributed by atoms with Gasteiger partial charge in [0.15, 0.2) is 5.78 Å². The van der Waals surface area contributed by atoms with Crippen LogP contribution in [0.3, 0.4) is 0 Å². The van der Waals surface area contributed by atoms with E-state index < -0.39 is 11.6 Å². The number of ketones is 1. The van der Waals surface area contributed by atoms with Gasteiger partial charge in [-0.2, -0.15) is 0 Å². The topological polar surface area (TPSA) is 90.2 Å². The van der Waals surface area contributed by atoms with Crippen LogP contribution in [0.2, 0.25) is 5.02 Å². The Kier molecular flexibility index (Phi) is 6.17. The number of hydrogen-bond acceptors (Lipinski definition) is 5. The van der Waals surface area contributed by atoms with Crippen molar-refractivity contribution < 1.29 is 9.59 Å². The molecule has 1 aliphatic rings. The Hall–Kier alpha value is -3.49. The Balaban J connectivity index is 1.61. The molecule has 2 heterocycles. The van der Waals surface area contributed by atoms with E-state index in [9.17, 15) is 19.2 Å². The van der Waals surface area contributed by atoms with Crippen LogP contribution >= 0.6 is 22.9 Å². The predicted molar refractivity (Wildman–Crippen MR) is 138 cm³/mol. The zero-order valence-corrected chi connectivity index (χ0v) is 20.5. The van der Waals surface area contributed by atoms with E-state index in [2.05, 4.69) is 5.32 Å². The molecule has 0 spiro atoms. The number of amides is 1. The zero-order chi connectivity index (χ0) is 24.7. The van der Waals surface area contributed by atoms with Crippen LogP contribution in [-0.2, 0) is 24.2 Å². The molecule has 7 nitrogen and oxygen atoms in total. The molecule has 0 saturated carbocycles. The molecule has 2 aromatic carbocycles. The standard InChI is InChI=1S/C26H22ClN3O4S/c1-15(31)16-6-10-18(11-7-16)28-22(32)14-29-25-23(20-4-2-3-5-21(20)35-25)24(33)30(26(29)34)19-12-8-17(27)9-13-19/h6-13H,2-5,14H2,1H3,(H,28,32). The molecule has 0 atom stereocenters. The minimum Gasteiger partial charge on any atom is -0.325 e. The molecule has 0 unspecified atom stereocenters. The van der Waals surface area contributed by atoms with E-state index in [1.807, 2.05) is 0 Å². The van der Waals surface area contributed by atoms with Crippen LogP contribution in [0.4, 0.5) is 5.69 Å². The molecule has 0 radical (unpaired) electrons.